The lowest BCUT2D eigenvalue weighted by Crippen LogP contribution is -2.61. The normalized spacial score (nSPS) is 19.6. The number of aliphatic hydroxyl groups excluding tert-OH is 5. The summed E-state index contributed by atoms with van der Waals surface area (Å²) in [4.78, 5) is 26.5. The summed E-state index contributed by atoms with van der Waals surface area (Å²) in [6.07, 6.45) is 49.1. The molecule has 0 bridgehead atoms. The number of ether oxygens (including phenoxy) is 3. The topological polar surface area (TPSA) is 175 Å². The first-order valence-corrected chi connectivity index (χ1v) is 30.8. The van der Waals surface area contributed by atoms with Crippen molar-refractivity contribution < 1.29 is 49.3 Å². The highest BCUT2D eigenvalue weighted by atomic mass is 16.7. The third-order valence-electron chi connectivity index (χ3n) is 14.5. The number of rotatable bonds is 52. The molecule has 1 saturated heterocycles. The van der Waals surface area contributed by atoms with Gasteiger partial charge in [0.05, 0.1) is 25.4 Å². The van der Waals surface area contributed by atoms with E-state index in [0.717, 1.165) is 64.2 Å². The maximum Gasteiger partial charge on any atom is 0.306 e. The van der Waals surface area contributed by atoms with Gasteiger partial charge in [0.25, 0.3) is 0 Å². The fourth-order valence-electron chi connectivity index (χ4n) is 9.58. The lowest BCUT2D eigenvalue weighted by Gasteiger charge is -2.41. The van der Waals surface area contributed by atoms with E-state index in [1.54, 1.807) is 6.08 Å². The summed E-state index contributed by atoms with van der Waals surface area (Å²) in [5, 5.41) is 56.9. The number of aliphatic hydroxyl groups is 5. The number of carbonyl (C=O) groups is 2. The van der Waals surface area contributed by atoms with Crippen molar-refractivity contribution >= 4 is 11.9 Å². The smallest absolute Gasteiger partial charge is 0.306 e. The van der Waals surface area contributed by atoms with E-state index in [0.29, 0.717) is 19.3 Å². The van der Waals surface area contributed by atoms with Crippen molar-refractivity contribution in [1.82, 2.24) is 5.32 Å². The molecule has 6 N–H and O–H groups in total. The van der Waals surface area contributed by atoms with E-state index < -0.39 is 67.4 Å². The Labute approximate surface area is 447 Å². The highest BCUT2D eigenvalue weighted by molar-refractivity contribution is 5.80. The van der Waals surface area contributed by atoms with Gasteiger partial charge < -0.3 is 45.1 Å². The minimum absolute atomic E-state index is 0.105. The number of allylic oxidation sites excluding steroid dienone is 5. The number of amides is 1. The van der Waals surface area contributed by atoms with Gasteiger partial charge in [-0.3, -0.25) is 9.59 Å². The molecule has 1 heterocycles. The molecule has 11 nitrogen and oxygen atoms in total. The summed E-state index contributed by atoms with van der Waals surface area (Å²) < 4.78 is 17.6. The fraction of sp³-hybridized carbons (Fsp3) is 0.871. The standard InChI is InChI=1S/C62H115NO10/c1-4-7-10-13-16-19-22-24-25-26-27-28-29-30-32-34-37-40-43-46-49-55(66)61(70)63-53(54(65)48-45-42-39-36-33-21-18-15-12-9-6-3)52-71-62-60(59(69)58(68)56(51-64)72-62)73-57(67)50-47-44-41-38-35-31-23-20-17-14-11-8-5-2/h24-25,31,35,45,48,53-56,58-60,62,64-66,68-69H,4-23,26-30,32-34,36-44,46-47,49-52H2,1-3H3,(H,63,70)/b25-24+,35-31-,48-45+. The highest BCUT2D eigenvalue weighted by Crippen LogP contribution is 2.26. The molecular formula is C62H115NO10. The minimum atomic E-state index is -1.62. The Bertz CT molecular complexity index is 1330. The third-order valence-corrected chi connectivity index (χ3v) is 14.5. The van der Waals surface area contributed by atoms with Crippen LogP contribution in [0.5, 0.6) is 0 Å². The van der Waals surface area contributed by atoms with E-state index in [4.69, 9.17) is 14.2 Å². The maximum absolute atomic E-state index is 13.4. The quantitative estimate of drug-likeness (QED) is 0.0195. The molecule has 0 aliphatic carbocycles. The molecule has 1 aliphatic rings. The Morgan fingerprint density at radius 2 is 0.904 bits per heavy atom. The number of esters is 1. The first kappa shape index (κ1) is 68.9. The molecule has 0 aromatic rings. The average molecular weight is 1030 g/mol. The van der Waals surface area contributed by atoms with Crippen molar-refractivity contribution in [2.24, 2.45) is 0 Å². The van der Waals surface area contributed by atoms with Crippen LogP contribution in [0.4, 0.5) is 0 Å². The molecule has 1 aliphatic heterocycles. The van der Waals surface area contributed by atoms with Gasteiger partial charge in [0.15, 0.2) is 12.4 Å². The molecule has 0 saturated carbocycles. The second-order valence-electron chi connectivity index (χ2n) is 21.4. The van der Waals surface area contributed by atoms with Gasteiger partial charge in [-0.15, -0.1) is 0 Å². The summed E-state index contributed by atoms with van der Waals surface area (Å²) in [6, 6.07) is -1.02. The van der Waals surface area contributed by atoms with Gasteiger partial charge in [0.1, 0.15) is 24.4 Å². The van der Waals surface area contributed by atoms with Gasteiger partial charge in [-0.1, -0.05) is 237 Å². The average Bonchev–Trinajstić information content (AvgIpc) is 3.39. The van der Waals surface area contributed by atoms with Crippen LogP contribution < -0.4 is 5.32 Å². The summed E-state index contributed by atoms with van der Waals surface area (Å²) in [7, 11) is 0. The van der Waals surface area contributed by atoms with Gasteiger partial charge in [0.2, 0.25) is 5.91 Å². The van der Waals surface area contributed by atoms with Crippen LogP contribution in [-0.2, 0) is 23.8 Å². The molecule has 8 atom stereocenters. The zero-order chi connectivity index (χ0) is 53.3. The third kappa shape index (κ3) is 39.0. The summed E-state index contributed by atoms with van der Waals surface area (Å²) in [5.74, 6) is -1.21. The van der Waals surface area contributed by atoms with Crippen LogP contribution >= 0.6 is 0 Å². The van der Waals surface area contributed by atoms with Crippen LogP contribution in [0.1, 0.15) is 284 Å². The molecule has 0 spiro atoms. The molecule has 0 aromatic carbocycles. The summed E-state index contributed by atoms with van der Waals surface area (Å²) >= 11 is 0. The Kier molecular flexibility index (Phi) is 47.8. The number of unbranched alkanes of at least 4 members (excludes halogenated alkanes) is 34. The minimum Gasteiger partial charge on any atom is -0.454 e. The molecule has 0 radical (unpaired) electrons. The van der Waals surface area contributed by atoms with Crippen molar-refractivity contribution in [1.29, 1.82) is 0 Å². The second-order valence-corrected chi connectivity index (χ2v) is 21.4. The molecule has 428 valence electrons. The summed E-state index contributed by atoms with van der Waals surface area (Å²) in [5.41, 5.74) is 0. The van der Waals surface area contributed by atoms with Gasteiger partial charge in [-0.2, -0.15) is 0 Å². The van der Waals surface area contributed by atoms with Crippen LogP contribution in [0.2, 0.25) is 0 Å². The van der Waals surface area contributed by atoms with Crippen LogP contribution in [0.15, 0.2) is 36.5 Å². The van der Waals surface area contributed by atoms with Crippen molar-refractivity contribution in [2.75, 3.05) is 13.2 Å². The Balaban J connectivity index is 2.66. The predicted octanol–water partition coefficient (Wildman–Crippen LogP) is 14.3. The molecule has 0 aromatic heterocycles. The first-order chi connectivity index (χ1) is 35.7. The van der Waals surface area contributed by atoms with E-state index >= 15 is 0 Å². The fourth-order valence-corrected chi connectivity index (χ4v) is 9.58. The number of hydrogen-bond acceptors (Lipinski definition) is 10. The van der Waals surface area contributed by atoms with E-state index in [-0.39, 0.29) is 13.0 Å². The van der Waals surface area contributed by atoms with E-state index in [2.05, 4.69) is 50.4 Å². The van der Waals surface area contributed by atoms with Crippen LogP contribution in [0.25, 0.3) is 0 Å². The van der Waals surface area contributed by atoms with Crippen molar-refractivity contribution in [2.45, 2.75) is 333 Å². The number of carbonyl (C=O) groups excluding carboxylic acids is 2. The Morgan fingerprint density at radius 3 is 1.33 bits per heavy atom. The zero-order valence-corrected chi connectivity index (χ0v) is 47.3. The number of nitrogens with one attached hydrogen (secondary N) is 1. The van der Waals surface area contributed by atoms with Crippen molar-refractivity contribution in [3.8, 4) is 0 Å². The van der Waals surface area contributed by atoms with Gasteiger partial charge in [-0.25, -0.2) is 0 Å². The van der Waals surface area contributed by atoms with Crippen LogP contribution in [0.3, 0.4) is 0 Å². The van der Waals surface area contributed by atoms with Gasteiger partial charge >= 0.3 is 5.97 Å². The largest absolute Gasteiger partial charge is 0.454 e. The lowest BCUT2D eigenvalue weighted by molar-refractivity contribution is -0.305. The van der Waals surface area contributed by atoms with Crippen LogP contribution in [0, 0.1) is 0 Å². The van der Waals surface area contributed by atoms with Gasteiger partial charge in [0, 0.05) is 6.42 Å². The first-order valence-electron chi connectivity index (χ1n) is 30.8. The van der Waals surface area contributed by atoms with E-state index in [9.17, 15) is 35.1 Å². The zero-order valence-electron chi connectivity index (χ0n) is 47.3. The molecule has 1 rings (SSSR count). The monoisotopic (exact) mass is 1030 g/mol. The lowest BCUT2D eigenvalue weighted by atomic mass is 9.99. The molecule has 1 fully saturated rings. The summed E-state index contributed by atoms with van der Waals surface area (Å²) in [6.45, 7) is 5.77. The predicted molar refractivity (Wildman–Crippen MR) is 301 cm³/mol. The Hall–Kier alpha value is -2.12. The maximum atomic E-state index is 13.4. The molecule has 1 amide bonds. The highest BCUT2D eigenvalue weighted by Gasteiger charge is 2.47. The molecule has 8 unspecified atom stereocenters. The molecule has 73 heavy (non-hydrogen) atoms. The van der Waals surface area contributed by atoms with Gasteiger partial charge in [-0.05, 0) is 77.0 Å². The Morgan fingerprint density at radius 1 is 0.521 bits per heavy atom. The van der Waals surface area contributed by atoms with Crippen molar-refractivity contribution in [3.05, 3.63) is 36.5 Å². The SMILES string of the molecule is CCCCCCCC/C=C\CCCCCC(=O)OC1C(OCC(NC(=O)C(O)CCCCCCCCCCCC/C=C/CCCCCCCC)C(O)/C=C/CCCCCCCCCCC)OC(CO)C(O)C1O. The second kappa shape index (κ2) is 50.7. The van der Waals surface area contributed by atoms with Crippen LogP contribution in [-0.4, -0.2) is 99.6 Å². The molecule has 11 heteroatoms. The van der Waals surface area contributed by atoms with E-state index in [1.165, 1.54) is 173 Å². The molecular weight excluding hydrogens is 919 g/mol. The van der Waals surface area contributed by atoms with E-state index in [1.807, 2.05) is 6.08 Å². The number of hydrogen-bond donors (Lipinski definition) is 6. The van der Waals surface area contributed by atoms with Crippen molar-refractivity contribution in [3.63, 3.8) is 0 Å².